The van der Waals surface area contributed by atoms with E-state index in [1.54, 1.807) is 0 Å². The lowest BCUT2D eigenvalue weighted by atomic mass is 9.75. The molecule has 2 N–H and O–H groups in total. The molecule has 106 valence electrons. The molecule has 1 aliphatic rings. The number of nitrogens with two attached hydrogens (primary N) is 1. The molecule has 18 heavy (non-hydrogen) atoms. The summed E-state index contributed by atoms with van der Waals surface area (Å²) >= 11 is 0. The molecule has 0 aromatic heterocycles. The molecule has 3 heteroatoms. The van der Waals surface area contributed by atoms with Crippen LogP contribution in [0.25, 0.3) is 0 Å². The summed E-state index contributed by atoms with van der Waals surface area (Å²) in [7, 11) is 1.92. The Hall–Kier alpha value is -0.570. The van der Waals surface area contributed by atoms with Gasteiger partial charge < -0.3 is 10.6 Å². The van der Waals surface area contributed by atoms with Gasteiger partial charge in [0.25, 0.3) is 0 Å². The van der Waals surface area contributed by atoms with E-state index in [-0.39, 0.29) is 11.9 Å². The van der Waals surface area contributed by atoms with Crippen LogP contribution in [0.5, 0.6) is 0 Å². The van der Waals surface area contributed by atoms with Gasteiger partial charge in [-0.1, -0.05) is 27.7 Å². The highest BCUT2D eigenvalue weighted by atomic mass is 16.2. The Morgan fingerprint density at radius 2 is 1.83 bits per heavy atom. The predicted octanol–water partition coefficient (Wildman–Crippen LogP) is 2.79. The fourth-order valence-corrected chi connectivity index (χ4v) is 2.82. The standard InChI is InChI=1S/C15H30N2O/c1-11(2)10-13(16)14(18)17(5)12-6-8-15(3,4)9-7-12/h11-13H,6-10,16H2,1-5H3. The largest absolute Gasteiger partial charge is 0.341 e. The minimum absolute atomic E-state index is 0.119. The molecule has 1 amide bonds. The van der Waals surface area contributed by atoms with Crippen molar-refractivity contribution in [2.75, 3.05) is 7.05 Å². The van der Waals surface area contributed by atoms with E-state index in [1.807, 2.05) is 11.9 Å². The van der Waals surface area contributed by atoms with Crippen molar-refractivity contribution in [3.8, 4) is 0 Å². The monoisotopic (exact) mass is 254 g/mol. The smallest absolute Gasteiger partial charge is 0.239 e. The summed E-state index contributed by atoms with van der Waals surface area (Å²) in [5, 5.41) is 0. The highest BCUT2D eigenvalue weighted by molar-refractivity contribution is 5.81. The lowest BCUT2D eigenvalue weighted by Crippen LogP contribution is -2.48. The second-order valence-electron chi connectivity index (χ2n) is 7.08. The van der Waals surface area contributed by atoms with Crippen LogP contribution in [0.15, 0.2) is 0 Å². The SMILES string of the molecule is CC(C)CC(N)C(=O)N(C)C1CCC(C)(C)CC1. The van der Waals surface area contributed by atoms with Crippen LogP contribution >= 0.6 is 0 Å². The van der Waals surface area contributed by atoms with Crippen molar-refractivity contribution in [3.63, 3.8) is 0 Å². The Morgan fingerprint density at radius 1 is 1.33 bits per heavy atom. The lowest BCUT2D eigenvalue weighted by molar-refractivity contribution is -0.134. The average molecular weight is 254 g/mol. The van der Waals surface area contributed by atoms with Crippen LogP contribution in [0.1, 0.15) is 59.8 Å². The van der Waals surface area contributed by atoms with Crippen molar-refractivity contribution in [2.45, 2.75) is 71.9 Å². The Bertz CT molecular complexity index is 276. The molecule has 1 atom stereocenters. The van der Waals surface area contributed by atoms with Crippen LogP contribution in [-0.2, 0) is 4.79 Å². The normalized spacial score (nSPS) is 21.9. The van der Waals surface area contributed by atoms with Crippen molar-refractivity contribution < 1.29 is 4.79 Å². The molecular weight excluding hydrogens is 224 g/mol. The first kappa shape index (κ1) is 15.5. The number of nitrogens with zero attached hydrogens (tertiary/aromatic N) is 1. The van der Waals surface area contributed by atoms with E-state index in [9.17, 15) is 4.79 Å². The first-order valence-corrected chi connectivity index (χ1v) is 7.25. The molecule has 1 rings (SSSR count). The molecular formula is C15H30N2O. The van der Waals surface area contributed by atoms with Gasteiger partial charge in [0.15, 0.2) is 0 Å². The maximum Gasteiger partial charge on any atom is 0.239 e. The van der Waals surface area contributed by atoms with Gasteiger partial charge in [0.05, 0.1) is 6.04 Å². The molecule has 3 nitrogen and oxygen atoms in total. The summed E-state index contributed by atoms with van der Waals surface area (Å²) in [6.07, 6.45) is 5.41. The van der Waals surface area contributed by atoms with Crippen LogP contribution in [0, 0.1) is 11.3 Å². The first-order chi connectivity index (χ1) is 8.23. The van der Waals surface area contributed by atoms with E-state index in [0.29, 0.717) is 17.4 Å². The van der Waals surface area contributed by atoms with E-state index in [1.165, 1.54) is 12.8 Å². The molecule has 1 saturated carbocycles. The van der Waals surface area contributed by atoms with Gasteiger partial charge >= 0.3 is 0 Å². The number of amides is 1. The van der Waals surface area contributed by atoms with Crippen LogP contribution in [0.2, 0.25) is 0 Å². The van der Waals surface area contributed by atoms with Crippen molar-refractivity contribution >= 4 is 5.91 Å². The molecule has 0 aromatic rings. The highest BCUT2D eigenvalue weighted by Crippen LogP contribution is 2.36. The molecule has 1 unspecified atom stereocenters. The molecule has 0 aliphatic heterocycles. The first-order valence-electron chi connectivity index (χ1n) is 7.25. The summed E-state index contributed by atoms with van der Waals surface area (Å²) in [4.78, 5) is 14.1. The average Bonchev–Trinajstić information content (AvgIpc) is 2.26. The second-order valence-corrected chi connectivity index (χ2v) is 7.08. The number of rotatable bonds is 4. The van der Waals surface area contributed by atoms with Gasteiger partial charge in [0, 0.05) is 13.1 Å². The molecule has 0 aromatic carbocycles. The van der Waals surface area contributed by atoms with Gasteiger partial charge in [-0.05, 0) is 43.4 Å². The van der Waals surface area contributed by atoms with Crippen LogP contribution in [-0.4, -0.2) is 29.9 Å². The zero-order valence-electron chi connectivity index (χ0n) is 12.7. The van der Waals surface area contributed by atoms with Gasteiger partial charge in [-0.3, -0.25) is 4.79 Å². The van der Waals surface area contributed by atoms with Crippen LogP contribution in [0.3, 0.4) is 0 Å². The number of hydrogen-bond acceptors (Lipinski definition) is 2. The Balaban J connectivity index is 2.49. The molecule has 1 aliphatic carbocycles. The van der Waals surface area contributed by atoms with E-state index >= 15 is 0 Å². The Morgan fingerprint density at radius 3 is 2.28 bits per heavy atom. The minimum Gasteiger partial charge on any atom is -0.341 e. The van der Waals surface area contributed by atoms with Crippen molar-refractivity contribution in [3.05, 3.63) is 0 Å². The van der Waals surface area contributed by atoms with Crippen LogP contribution in [0.4, 0.5) is 0 Å². The predicted molar refractivity (Wildman–Crippen MR) is 76.2 cm³/mol. The van der Waals surface area contributed by atoms with Gasteiger partial charge in [0.1, 0.15) is 0 Å². The maximum absolute atomic E-state index is 12.2. The molecule has 0 spiro atoms. The summed E-state index contributed by atoms with van der Waals surface area (Å²) in [5.41, 5.74) is 6.43. The summed E-state index contributed by atoms with van der Waals surface area (Å²) in [6.45, 7) is 8.84. The summed E-state index contributed by atoms with van der Waals surface area (Å²) < 4.78 is 0. The fourth-order valence-electron chi connectivity index (χ4n) is 2.82. The third-order valence-electron chi connectivity index (χ3n) is 4.25. The molecule has 0 heterocycles. The van der Waals surface area contributed by atoms with Crippen molar-refractivity contribution in [1.29, 1.82) is 0 Å². The number of hydrogen-bond donors (Lipinski definition) is 1. The van der Waals surface area contributed by atoms with E-state index in [2.05, 4.69) is 27.7 Å². The molecule has 0 radical (unpaired) electrons. The quantitative estimate of drug-likeness (QED) is 0.838. The van der Waals surface area contributed by atoms with Crippen molar-refractivity contribution in [2.24, 2.45) is 17.1 Å². The highest BCUT2D eigenvalue weighted by Gasteiger charge is 2.31. The van der Waals surface area contributed by atoms with E-state index < -0.39 is 0 Å². The maximum atomic E-state index is 12.2. The lowest BCUT2D eigenvalue weighted by Gasteiger charge is -2.39. The Kier molecular flexibility index (Phi) is 5.20. The number of carbonyl (C=O) groups excluding carboxylic acids is 1. The number of carbonyl (C=O) groups is 1. The third kappa shape index (κ3) is 4.27. The van der Waals surface area contributed by atoms with Gasteiger partial charge in [-0.2, -0.15) is 0 Å². The fraction of sp³-hybridized carbons (Fsp3) is 0.933. The molecule has 0 bridgehead atoms. The Labute approximate surface area is 112 Å². The summed E-state index contributed by atoms with van der Waals surface area (Å²) in [6, 6.07) is 0.0636. The van der Waals surface area contributed by atoms with Crippen LogP contribution < -0.4 is 5.73 Å². The van der Waals surface area contributed by atoms with Gasteiger partial charge in [0.2, 0.25) is 5.91 Å². The second kappa shape index (κ2) is 6.05. The van der Waals surface area contributed by atoms with Crippen molar-refractivity contribution in [1.82, 2.24) is 4.90 Å². The minimum atomic E-state index is -0.329. The third-order valence-corrected chi connectivity index (χ3v) is 4.25. The van der Waals surface area contributed by atoms with E-state index in [0.717, 1.165) is 19.3 Å². The van der Waals surface area contributed by atoms with E-state index in [4.69, 9.17) is 5.73 Å². The van der Waals surface area contributed by atoms with Gasteiger partial charge in [-0.15, -0.1) is 0 Å². The topological polar surface area (TPSA) is 46.3 Å². The molecule has 0 saturated heterocycles. The zero-order chi connectivity index (χ0) is 13.9. The number of likely N-dealkylation sites (N-methyl/N-ethyl adjacent to an activating group) is 1. The summed E-state index contributed by atoms with van der Waals surface area (Å²) in [5.74, 6) is 0.594. The van der Waals surface area contributed by atoms with Gasteiger partial charge in [-0.25, -0.2) is 0 Å². The zero-order valence-corrected chi connectivity index (χ0v) is 12.7. The molecule has 1 fully saturated rings.